The summed E-state index contributed by atoms with van der Waals surface area (Å²) < 4.78 is 3.82. The molecular formula is C18H23N5O. The molecule has 2 aromatic heterocycles. The lowest BCUT2D eigenvalue weighted by Crippen LogP contribution is -2.42. The third-order valence-electron chi connectivity index (χ3n) is 4.34. The Kier molecular flexibility index (Phi) is 4.64. The molecule has 6 heteroatoms. The summed E-state index contributed by atoms with van der Waals surface area (Å²) in [5.41, 5.74) is 2.19. The van der Waals surface area contributed by atoms with Gasteiger partial charge in [-0.25, -0.2) is 0 Å². The van der Waals surface area contributed by atoms with Crippen molar-refractivity contribution in [2.24, 2.45) is 13.0 Å². The molecule has 0 radical (unpaired) electrons. The Balaban J connectivity index is 1.71. The van der Waals surface area contributed by atoms with Gasteiger partial charge >= 0.3 is 0 Å². The Morgan fingerprint density at radius 3 is 2.79 bits per heavy atom. The minimum absolute atomic E-state index is 0.0224. The number of hydrogen-bond donors (Lipinski definition) is 1. The van der Waals surface area contributed by atoms with Crippen molar-refractivity contribution in [1.82, 2.24) is 24.9 Å². The topological polar surface area (TPSA) is 64.7 Å². The first-order valence-electron chi connectivity index (χ1n) is 8.21. The Morgan fingerprint density at radius 2 is 2.08 bits per heavy atom. The Bertz CT molecular complexity index is 819. The summed E-state index contributed by atoms with van der Waals surface area (Å²) >= 11 is 0. The predicted octanol–water partition coefficient (Wildman–Crippen LogP) is 2.15. The third kappa shape index (κ3) is 3.48. The van der Waals surface area contributed by atoms with Crippen LogP contribution < -0.4 is 5.32 Å². The number of aromatic nitrogens is 4. The van der Waals surface area contributed by atoms with Crippen LogP contribution in [0.4, 0.5) is 0 Å². The van der Waals surface area contributed by atoms with E-state index in [2.05, 4.69) is 46.2 Å². The molecular weight excluding hydrogens is 302 g/mol. The van der Waals surface area contributed by atoms with Crippen LogP contribution in [0.3, 0.4) is 0 Å². The fourth-order valence-corrected chi connectivity index (χ4v) is 2.95. The molecule has 0 saturated heterocycles. The number of nitrogens with zero attached hydrogens (tertiary/aromatic N) is 4. The summed E-state index contributed by atoms with van der Waals surface area (Å²) in [5, 5.41) is 12.1. The van der Waals surface area contributed by atoms with Gasteiger partial charge < -0.3 is 9.88 Å². The molecule has 0 aliphatic heterocycles. The molecule has 1 amide bonds. The molecule has 0 bridgehead atoms. The van der Waals surface area contributed by atoms with Crippen molar-refractivity contribution in [2.75, 3.05) is 0 Å². The summed E-state index contributed by atoms with van der Waals surface area (Å²) in [5.74, 6) is 0.343. The standard InChI is InChI=1S/C18H23N5O/c1-13(2)16(12-23-9-8-19-21-23)20-18(24)10-14-11-22(3)17-7-5-4-6-15(14)17/h4-9,11,13,16H,10,12H2,1-3H3,(H,20,24)/t16-/m1/s1. The van der Waals surface area contributed by atoms with Gasteiger partial charge in [-0.2, -0.15) is 0 Å². The van der Waals surface area contributed by atoms with Crippen molar-refractivity contribution in [3.8, 4) is 0 Å². The average molecular weight is 325 g/mol. The van der Waals surface area contributed by atoms with Crippen LogP contribution in [0, 0.1) is 5.92 Å². The molecule has 0 aliphatic rings. The molecule has 3 aromatic rings. The molecule has 0 unspecified atom stereocenters. The van der Waals surface area contributed by atoms with Crippen LogP contribution in [0.25, 0.3) is 10.9 Å². The highest BCUT2D eigenvalue weighted by molar-refractivity contribution is 5.89. The van der Waals surface area contributed by atoms with E-state index in [4.69, 9.17) is 0 Å². The van der Waals surface area contributed by atoms with Gasteiger partial charge in [-0.1, -0.05) is 37.3 Å². The SMILES string of the molecule is CC(C)[C@@H](Cn1ccnn1)NC(=O)Cc1cn(C)c2ccccc12. The highest BCUT2D eigenvalue weighted by atomic mass is 16.1. The van der Waals surface area contributed by atoms with Crippen molar-refractivity contribution >= 4 is 16.8 Å². The number of rotatable bonds is 6. The highest BCUT2D eigenvalue weighted by Gasteiger charge is 2.18. The summed E-state index contributed by atoms with van der Waals surface area (Å²) in [7, 11) is 2.01. The smallest absolute Gasteiger partial charge is 0.224 e. The van der Waals surface area contributed by atoms with Crippen LogP contribution >= 0.6 is 0 Å². The Labute approximate surface area is 141 Å². The quantitative estimate of drug-likeness (QED) is 0.755. The maximum absolute atomic E-state index is 12.5. The zero-order chi connectivity index (χ0) is 17.1. The molecule has 24 heavy (non-hydrogen) atoms. The summed E-state index contributed by atoms with van der Waals surface area (Å²) in [6, 6.07) is 8.17. The fourth-order valence-electron chi connectivity index (χ4n) is 2.95. The predicted molar refractivity (Wildman–Crippen MR) is 93.4 cm³/mol. The van der Waals surface area contributed by atoms with Crippen LogP contribution in [0.5, 0.6) is 0 Å². The monoisotopic (exact) mass is 325 g/mol. The molecule has 1 N–H and O–H groups in total. The van der Waals surface area contributed by atoms with Crippen LogP contribution in [-0.2, 0) is 24.8 Å². The van der Waals surface area contributed by atoms with Gasteiger partial charge in [-0.05, 0) is 17.5 Å². The van der Waals surface area contributed by atoms with Crippen molar-refractivity contribution in [3.63, 3.8) is 0 Å². The maximum atomic E-state index is 12.5. The van der Waals surface area contributed by atoms with Gasteiger partial charge in [0, 0.05) is 30.3 Å². The minimum Gasteiger partial charge on any atom is -0.351 e. The third-order valence-corrected chi connectivity index (χ3v) is 4.34. The van der Waals surface area contributed by atoms with Crippen LogP contribution in [0.1, 0.15) is 19.4 Å². The van der Waals surface area contributed by atoms with E-state index in [0.717, 1.165) is 16.5 Å². The number of amides is 1. The van der Waals surface area contributed by atoms with Gasteiger partial charge in [0.2, 0.25) is 5.91 Å². The van der Waals surface area contributed by atoms with E-state index in [0.29, 0.717) is 18.9 Å². The number of benzene rings is 1. The van der Waals surface area contributed by atoms with Gasteiger partial charge in [-0.15, -0.1) is 5.10 Å². The van der Waals surface area contributed by atoms with Crippen molar-refractivity contribution in [2.45, 2.75) is 32.9 Å². The summed E-state index contributed by atoms with van der Waals surface area (Å²) in [6.07, 6.45) is 5.87. The van der Waals surface area contributed by atoms with Crippen molar-refractivity contribution in [3.05, 3.63) is 48.4 Å². The van der Waals surface area contributed by atoms with E-state index in [1.807, 2.05) is 31.6 Å². The maximum Gasteiger partial charge on any atom is 0.224 e. The lowest BCUT2D eigenvalue weighted by molar-refractivity contribution is -0.121. The lowest BCUT2D eigenvalue weighted by atomic mass is 10.0. The second-order valence-corrected chi connectivity index (χ2v) is 6.50. The first-order valence-corrected chi connectivity index (χ1v) is 8.21. The van der Waals surface area contributed by atoms with Gasteiger partial charge in [0.05, 0.1) is 25.2 Å². The molecule has 0 spiro atoms. The largest absolute Gasteiger partial charge is 0.351 e. The first kappa shape index (κ1) is 16.2. The zero-order valence-corrected chi connectivity index (χ0v) is 14.3. The number of fused-ring (bicyclic) bond motifs is 1. The van der Waals surface area contributed by atoms with Crippen LogP contribution in [-0.4, -0.2) is 31.5 Å². The van der Waals surface area contributed by atoms with Gasteiger partial charge in [-0.3, -0.25) is 9.48 Å². The Morgan fingerprint density at radius 1 is 1.29 bits per heavy atom. The summed E-state index contributed by atoms with van der Waals surface area (Å²) in [6.45, 7) is 4.82. The van der Waals surface area contributed by atoms with E-state index in [1.165, 1.54) is 0 Å². The molecule has 1 aromatic carbocycles. The molecule has 126 valence electrons. The van der Waals surface area contributed by atoms with Gasteiger partial charge in [0.25, 0.3) is 0 Å². The van der Waals surface area contributed by atoms with E-state index < -0.39 is 0 Å². The number of para-hydroxylation sites is 1. The van der Waals surface area contributed by atoms with E-state index >= 15 is 0 Å². The molecule has 2 heterocycles. The fraction of sp³-hybridized carbons (Fsp3) is 0.389. The number of carbonyl (C=O) groups excluding carboxylic acids is 1. The molecule has 3 rings (SSSR count). The normalized spacial score (nSPS) is 12.7. The number of carbonyl (C=O) groups is 1. The molecule has 0 fully saturated rings. The average Bonchev–Trinajstić information content (AvgIpc) is 3.16. The highest BCUT2D eigenvalue weighted by Crippen LogP contribution is 2.20. The lowest BCUT2D eigenvalue weighted by Gasteiger charge is -2.22. The molecule has 0 aliphatic carbocycles. The van der Waals surface area contributed by atoms with E-state index in [1.54, 1.807) is 10.9 Å². The number of aryl methyl sites for hydroxylation is 1. The number of nitrogens with one attached hydrogen (secondary N) is 1. The first-order chi connectivity index (χ1) is 11.5. The van der Waals surface area contributed by atoms with Gasteiger partial charge in [0.15, 0.2) is 0 Å². The zero-order valence-electron chi connectivity index (χ0n) is 14.3. The summed E-state index contributed by atoms with van der Waals surface area (Å²) in [4.78, 5) is 12.5. The van der Waals surface area contributed by atoms with Crippen molar-refractivity contribution < 1.29 is 4.79 Å². The Hall–Kier alpha value is -2.63. The molecule has 6 nitrogen and oxygen atoms in total. The molecule has 0 saturated carbocycles. The number of hydrogen-bond acceptors (Lipinski definition) is 3. The molecule has 1 atom stereocenters. The van der Waals surface area contributed by atoms with Crippen LogP contribution in [0.2, 0.25) is 0 Å². The minimum atomic E-state index is 0.0224. The van der Waals surface area contributed by atoms with E-state index in [-0.39, 0.29) is 11.9 Å². The van der Waals surface area contributed by atoms with Gasteiger partial charge in [0.1, 0.15) is 0 Å². The second kappa shape index (κ2) is 6.86. The van der Waals surface area contributed by atoms with Crippen molar-refractivity contribution in [1.29, 1.82) is 0 Å². The van der Waals surface area contributed by atoms with Crippen LogP contribution in [0.15, 0.2) is 42.9 Å². The second-order valence-electron chi connectivity index (χ2n) is 6.50. The van der Waals surface area contributed by atoms with E-state index in [9.17, 15) is 4.79 Å².